The number of azide groups is 1. The predicted molar refractivity (Wildman–Crippen MR) is 185 cm³/mol. The average molecular weight is 957 g/mol. The van der Waals surface area contributed by atoms with Crippen LogP contribution in [-0.2, 0) is 33.3 Å². The van der Waals surface area contributed by atoms with Crippen molar-refractivity contribution in [3.8, 4) is 0 Å². The maximum Gasteiger partial charge on any atom is 0.311 e. The van der Waals surface area contributed by atoms with E-state index in [9.17, 15) is 35.1 Å². The SMILES string of the molecule is CC1CC(C)C(O)C(O[C@@H]2[C@@H](C)[C@H](OC3CC(C)(C)C(O)C(C)O3)[C@@H](C)C(=O)O[C@H](CCN=[N+]=[N-])[C@@](C)(O)[C@H](O)[C@@H](C)C(=O)[C@H](C)C[C@@]2(C)O)O1.[Ac]. The Bertz CT molecular complexity index is 1250. The zero-order chi connectivity index (χ0) is 38.8. The number of aliphatic hydroxyl groups is 5. The van der Waals surface area contributed by atoms with Crippen LogP contribution in [0.25, 0.3) is 10.4 Å². The standard InChI is InChI=1S/C36H63N3O12.Ac/c1-17-14-19(3)47-33(27(17)41)51-31-21(5)28(50-25-16-34(8,9)30(43)23(7)48-25)22(6)32(44)49-24(12-13-38-39-37)36(11,46)29(42)20(4)26(40)18(2)15-35(31,10)45;/h17-25,27-31,33,41-43,45-46H,12-16H2,1-11H3;/t17?,18-,19?,20+,21+,22-,23?,24-,25?,27?,28+,29-,30?,31-,33?,35-,36-;/m1./s1. The smallest absolute Gasteiger partial charge is 0.311 e. The third kappa shape index (κ3) is 11.1. The number of esters is 1. The van der Waals surface area contributed by atoms with Crippen LogP contribution in [0.5, 0.6) is 0 Å². The van der Waals surface area contributed by atoms with Crippen molar-refractivity contribution in [1.82, 2.24) is 0 Å². The van der Waals surface area contributed by atoms with Crippen molar-refractivity contribution in [3.63, 3.8) is 0 Å². The Morgan fingerprint density at radius 2 is 1.52 bits per heavy atom. The van der Waals surface area contributed by atoms with E-state index in [1.165, 1.54) is 20.8 Å². The summed E-state index contributed by atoms with van der Waals surface area (Å²) in [5, 5.41) is 60.9. The molecule has 1 radical (unpaired) electrons. The number of carbonyl (C=O) groups is 2. The number of hydrogen-bond donors (Lipinski definition) is 5. The van der Waals surface area contributed by atoms with Crippen molar-refractivity contribution in [2.45, 2.75) is 174 Å². The van der Waals surface area contributed by atoms with Gasteiger partial charge in [-0.1, -0.05) is 46.7 Å². The minimum atomic E-state index is -2.15. The number of nitrogens with zero attached hydrogens (tertiary/aromatic N) is 3. The van der Waals surface area contributed by atoms with Crippen LogP contribution < -0.4 is 0 Å². The van der Waals surface area contributed by atoms with Crippen LogP contribution in [0.2, 0.25) is 0 Å². The Hall–Kier alpha value is -0.468. The van der Waals surface area contributed by atoms with E-state index in [4.69, 9.17) is 29.2 Å². The second-order valence-corrected chi connectivity index (χ2v) is 16.7. The Balaban J connectivity index is 0.00000936. The van der Waals surface area contributed by atoms with Gasteiger partial charge in [0.1, 0.15) is 23.6 Å². The summed E-state index contributed by atoms with van der Waals surface area (Å²) in [7, 11) is 0. The first kappa shape index (κ1) is 47.7. The summed E-state index contributed by atoms with van der Waals surface area (Å²) in [5.41, 5.74) is 4.33. The van der Waals surface area contributed by atoms with Crippen molar-refractivity contribution in [2.75, 3.05) is 6.54 Å². The molecule has 0 bridgehead atoms. The van der Waals surface area contributed by atoms with Crippen LogP contribution in [0.3, 0.4) is 0 Å². The summed E-state index contributed by atoms with van der Waals surface area (Å²) in [5.74, 6) is -5.48. The largest absolute Gasteiger partial charge is 0.459 e. The van der Waals surface area contributed by atoms with Gasteiger partial charge in [0.05, 0.1) is 48.1 Å². The molecule has 3 heterocycles. The molecule has 17 atom stereocenters. The van der Waals surface area contributed by atoms with Gasteiger partial charge in [-0.3, -0.25) is 9.59 Å². The normalized spacial score (nSPS) is 46.6. The first-order valence-electron chi connectivity index (χ1n) is 18.3. The van der Waals surface area contributed by atoms with Gasteiger partial charge in [0, 0.05) is 79.7 Å². The molecule has 0 aromatic rings. The number of ketones is 1. The van der Waals surface area contributed by atoms with E-state index in [1.807, 2.05) is 27.7 Å². The Morgan fingerprint density at radius 1 is 0.904 bits per heavy atom. The second-order valence-electron chi connectivity index (χ2n) is 16.7. The molecule has 0 spiro atoms. The molecule has 0 saturated carbocycles. The fourth-order valence-electron chi connectivity index (χ4n) is 8.27. The molecule has 0 amide bonds. The number of Topliss-reactive ketones (excluding diaryl/α,β-unsaturated/α-hetero) is 1. The van der Waals surface area contributed by atoms with Crippen LogP contribution >= 0.6 is 0 Å². The molecule has 7 unspecified atom stereocenters. The minimum absolute atomic E-state index is 0. The van der Waals surface area contributed by atoms with Gasteiger partial charge < -0.3 is 49.2 Å². The van der Waals surface area contributed by atoms with Gasteiger partial charge in [0.2, 0.25) is 0 Å². The van der Waals surface area contributed by atoms with Gasteiger partial charge in [-0.05, 0) is 70.7 Å². The van der Waals surface area contributed by atoms with E-state index in [0.29, 0.717) is 6.42 Å². The molecule has 0 aliphatic carbocycles. The molecule has 3 aliphatic rings. The number of rotatable bonds is 7. The number of aliphatic hydroxyl groups excluding tert-OH is 3. The minimum Gasteiger partial charge on any atom is -0.459 e. The molecule has 3 aliphatic heterocycles. The predicted octanol–water partition coefficient (Wildman–Crippen LogP) is 3.40. The van der Waals surface area contributed by atoms with E-state index >= 15 is 0 Å². The molecule has 15 nitrogen and oxygen atoms in total. The van der Waals surface area contributed by atoms with E-state index in [-0.39, 0.29) is 81.9 Å². The summed E-state index contributed by atoms with van der Waals surface area (Å²) >= 11 is 0. The molecule has 3 fully saturated rings. The van der Waals surface area contributed by atoms with Crippen LogP contribution in [0.15, 0.2) is 5.11 Å². The number of carbonyl (C=O) groups excluding carboxylic acids is 2. The van der Waals surface area contributed by atoms with Crippen molar-refractivity contribution in [1.29, 1.82) is 0 Å². The van der Waals surface area contributed by atoms with Crippen molar-refractivity contribution in [2.24, 2.45) is 40.1 Å². The maximum atomic E-state index is 14.1. The van der Waals surface area contributed by atoms with Gasteiger partial charge in [-0.2, -0.15) is 0 Å². The number of ether oxygens (including phenoxy) is 5. The summed E-state index contributed by atoms with van der Waals surface area (Å²) in [6, 6.07) is 0. The van der Waals surface area contributed by atoms with Gasteiger partial charge in [0.25, 0.3) is 0 Å². The Morgan fingerprint density at radius 3 is 2.10 bits per heavy atom. The summed E-state index contributed by atoms with van der Waals surface area (Å²) in [6.07, 6.45) is -9.68. The first-order chi connectivity index (χ1) is 23.5. The van der Waals surface area contributed by atoms with Crippen molar-refractivity contribution < 1.29 is 103 Å². The van der Waals surface area contributed by atoms with Crippen molar-refractivity contribution in [3.05, 3.63) is 10.4 Å². The molecule has 3 saturated heterocycles. The van der Waals surface area contributed by atoms with Crippen LogP contribution in [0.4, 0.5) is 0 Å². The fourth-order valence-corrected chi connectivity index (χ4v) is 8.27. The summed E-state index contributed by atoms with van der Waals surface area (Å²) in [4.78, 5) is 30.7. The van der Waals surface area contributed by atoms with E-state index in [2.05, 4.69) is 10.0 Å². The molecule has 5 N–H and O–H groups in total. The van der Waals surface area contributed by atoms with Crippen LogP contribution in [0.1, 0.15) is 102 Å². The molecule has 16 heteroatoms. The molecule has 0 aromatic carbocycles. The zero-order valence-corrected chi connectivity index (χ0v) is 37.5. The van der Waals surface area contributed by atoms with E-state index < -0.39 is 107 Å². The first-order valence-corrected chi connectivity index (χ1v) is 18.3. The molecule has 52 heavy (non-hydrogen) atoms. The number of hydrogen-bond acceptors (Lipinski definition) is 13. The van der Waals surface area contributed by atoms with E-state index in [0.717, 1.165) is 0 Å². The third-order valence-corrected chi connectivity index (χ3v) is 11.5. The number of cyclic esters (lactones) is 1. The van der Waals surface area contributed by atoms with Crippen LogP contribution in [-0.4, -0.2) is 116 Å². The monoisotopic (exact) mass is 956 g/mol. The van der Waals surface area contributed by atoms with Crippen LogP contribution in [0, 0.1) is 79.1 Å². The second kappa shape index (κ2) is 19.1. The van der Waals surface area contributed by atoms with Gasteiger partial charge in [-0.15, -0.1) is 0 Å². The maximum absolute atomic E-state index is 14.1. The Kier molecular flexibility index (Phi) is 17.5. The quantitative estimate of drug-likeness (QED) is 0.107. The fraction of sp³-hybridized carbons (Fsp3) is 0.944. The van der Waals surface area contributed by atoms with Gasteiger partial charge in [-0.25, -0.2) is 0 Å². The summed E-state index contributed by atoms with van der Waals surface area (Å²) < 4.78 is 31.2. The van der Waals surface area contributed by atoms with Gasteiger partial charge in [0.15, 0.2) is 12.6 Å². The van der Waals surface area contributed by atoms with E-state index in [1.54, 1.807) is 27.7 Å². The molecule has 3 rings (SSSR count). The zero-order valence-electron chi connectivity index (χ0n) is 32.7. The average Bonchev–Trinajstić information content (AvgIpc) is 3.03. The Labute approximate surface area is 344 Å². The van der Waals surface area contributed by atoms with Gasteiger partial charge >= 0.3 is 5.97 Å². The van der Waals surface area contributed by atoms with Crippen molar-refractivity contribution >= 4 is 11.8 Å². The topological polar surface area (TPSA) is 230 Å². The molecular weight excluding hydrogens is 893 g/mol. The molecule has 0 aromatic heterocycles. The third-order valence-electron chi connectivity index (χ3n) is 11.5. The molecular formula is C36H63AcN3O12. The summed E-state index contributed by atoms with van der Waals surface area (Å²) in [6.45, 7) is 18.1. The molecule has 297 valence electrons.